The van der Waals surface area contributed by atoms with E-state index in [1.807, 2.05) is 0 Å². The van der Waals surface area contributed by atoms with Gasteiger partial charge in [0, 0.05) is 59.0 Å². The lowest BCUT2D eigenvalue weighted by molar-refractivity contribution is -0.129. The van der Waals surface area contributed by atoms with Crippen LogP contribution in [-0.2, 0) is 16.1 Å². The number of ether oxygens (including phenoxy) is 1. The van der Waals surface area contributed by atoms with E-state index < -0.39 is 5.54 Å². The van der Waals surface area contributed by atoms with Crippen molar-refractivity contribution >= 4 is 5.91 Å². The summed E-state index contributed by atoms with van der Waals surface area (Å²) in [4.78, 5) is 17.2. The highest BCUT2D eigenvalue weighted by molar-refractivity contribution is 5.86. The van der Waals surface area contributed by atoms with E-state index in [1.54, 1.807) is 0 Å². The largest absolute Gasteiger partial charge is 0.381 e. The van der Waals surface area contributed by atoms with E-state index in [0.717, 1.165) is 39.3 Å². The summed E-state index contributed by atoms with van der Waals surface area (Å²) in [6, 6.07) is 10.6. The summed E-state index contributed by atoms with van der Waals surface area (Å²) in [7, 11) is 0. The van der Waals surface area contributed by atoms with Crippen LogP contribution in [0.2, 0.25) is 0 Å². The molecule has 1 amide bonds. The first kappa shape index (κ1) is 18.3. The zero-order chi connectivity index (χ0) is 17.5. The van der Waals surface area contributed by atoms with E-state index in [2.05, 4.69) is 45.4 Å². The summed E-state index contributed by atoms with van der Waals surface area (Å²) in [5.41, 5.74) is 6.83. The number of hydrogen-bond donors (Lipinski definition) is 2. The molecule has 0 unspecified atom stereocenters. The maximum absolute atomic E-state index is 12.3. The monoisotopic (exact) mass is 346 g/mol. The molecule has 6 heteroatoms. The Hall–Kier alpha value is -1.47. The number of piperazine rings is 1. The number of carbonyl (C=O) groups is 1. The number of nitrogens with zero attached hydrogens (tertiary/aromatic N) is 2. The van der Waals surface area contributed by atoms with E-state index >= 15 is 0 Å². The number of carbonyl (C=O) groups excluding carboxylic acids is 1. The third-order valence-electron chi connectivity index (χ3n) is 5.26. The minimum Gasteiger partial charge on any atom is -0.381 e. The molecule has 3 N–H and O–H groups in total. The van der Waals surface area contributed by atoms with Crippen molar-refractivity contribution in [1.29, 1.82) is 0 Å². The van der Waals surface area contributed by atoms with Gasteiger partial charge in [-0.2, -0.15) is 0 Å². The first-order chi connectivity index (χ1) is 12.2. The highest BCUT2D eigenvalue weighted by Gasteiger charge is 2.35. The van der Waals surface area contributed by atoms with E-state index in [4.69, 9.17) is 10.5 Å². The first-order valence-corrected chi connectivity index (χ1v) is 9.29. The van der Waals surface area contributed by atoms with Gasteiger partial charge in [-0.15, -0.1) is 0 Å². The average molecular weight is 346 g/mol. The minimum absolute atomic E-state index is 0.0292. The summed E-state index contributed by atoms with van der Waals surface area (Å²) >= 11 is 0. The normalized spacial score (nSPS) is 21.8. The molecule has 0 atom stereocenters. The number of nitrogens with two attached hydrogens (primary N) is 1. The Balaban J connectivity index is 1.33. The lowest BCUT2D eigenvalue weighted by atomic mass is 9.90. The van der Waals surface area contributed by atoms with Gasteiger partial charge in [0.15, 0.2) is 0 Å². The van der Waals surface area contributed by atoms with Crippen molar-refractivity contribution in [2.75, 3.05) is 52.5 Å². The SMILES string of the molecule is NC1(C(=O)NCCN2CCN(Cc3ccccc3)CC2)CCOCC1. The Bertz CT molecular complexity index is 538. The summed E-state index contributed by atoms with van der Waals surface area (Å²) in [5.74, 6) is -0.0292. The standard InChI is InChI=1S/C19H30N4O2/c20-19(6-14-25-15-7-19)18(24)21-8-9-22-10-12-23(13-11-22)16-17-4-2-1-3-5-17/h1-5H,6-16,20H2,(H,21,24). The second-order valence-corrected chi connectivity index (χ2v) is 7.13. The quantitative estimate of drug-likeness (QED) is 0.782. The molecule has 25 heavy (non-hydrogen) atoms. The van der Waals surface area contributed by atoms with Crippen LogP contribution < -0.4 is 11.1 Å². The van der Waals surface area contributed by atoms with Gasteiger partial charge in [-0.25, -0.2) is 0 Å². The fourth-order valence-electron chi connectivity index (χ4n) is 3.48. The van der Waals surface area contributed by atoms with Crippen molar-refractivity contribution in [2.24, 2.45) is 5.73 Å². The van der Waals surface area contributed by atoms with Crippen LogP contribution in [0.25, 0.3) is 0 Å². The minimum atomic E-state index is -0.743. The van der Waals surface area contributed by atoms with Crippen molar-refractivity contribution in [1.82, 2.24) is 15.1 Å². The van der Waals surface area contributed by atoms with Gasteiger partial charge >= 0.3 is 0 Å². The topological polar surface area (TPSA) is 70.8 Å². The van der Waals surface area contributed by atoms with Gasteiger partial charge in [0.1, 0.15) is 0 Å². The molecular formula is C19H30N4O2. The predicted octanol–water partition coefficient (Wildman–Crippen LogP) is 0.428. The Labute approximate surface area is 150 Å². The lowest BCUT2D eigenvalue weighted by Crippen LogP contribution is -2.58. The zero-order valence-electron chi connectivity index (χ0n) is 15.0. The van der Waals surface area contributed by atoms with Crippen LogP contribution in [0.3, 0.4) is 0 Å². The second kappa shape index (κ2) is 8.76. The summed E-state index contributed by atoms with van der Waals surface area (Å²) in [6.45, 7) is 7.95. The molecule has 3 rings (SSSR count). The third-order valence-corrected chi connectivity index (χ3v) is 5.26. The van der Waals surface area contributed by atoms with Crippen molar-refractivity contribution < 1.29 is 9.53 Å². The smallest absolute Gasteiger partial charge is 0.240 e. The molecule has 2 fully saturated rings. The van der Waals surface area contributed by atoms with Gasteiger partial charge in [0.05, 0.1) is 5.54 Å². The molecule has 1 aromatic rings. The van der Waals surface area contributed by atoms with Crippen LogP contribution in [0, 0.1) is 0 Å². The van der Waals surface area contributed by atoms with Crippen LogP contribution in [0.4, 0.5) is 0 Å². The van der Waals surface area contributed by atoms with E-state index in [1.165, 1.54) is 5.56 Å². The second-order valence-electron chi connectivity index (χ2n) is 7.13. The van der Waals surface area contributed by atoms with Crippen molar-refractivity contribution in [3.63, 3.8) is 0 Å². The van der Waals surface area contributed by atoms with Crippen molar-refractivity contribution in [3.05, 3.63) is 35.9 Å². The van der Waals surface area contributed by atoms with Gasteiger partial charge in [0.25, 0.3) is 0 Å². The van der Waals surface area contributed by atoms with Gasteiger partial charge in [-0.05, 0) is 18.4 Å². The molecule has 0 aromatic heterocycles. The van der Waals surface area contributed by atoms with Crippen LogP contribution in [-0.4, -0.2) is 73.7 Å². The van der Waals surface area contributed by atoms with Crippen LogP contribution in [0.15, 0.2) is 30.3 Å². The fraction of sp³-hybridized carbons (Fsp3) is 0.632. The van der Waals surface area contributed by atoms with Gasteiger partial charge in [0.2, 0.25) is 5.91 Å². The number of benzene rings is 1. The Morgan fingerprint density at radius 3 is 2.40 bits per heavy atom. The van der Waals surface area contributed by atoms with E-state index in [0.29, 0.717) is 32.6 Å². The summed E-state index contributed by atoms with van der Waals surface area (Å²) in [6.07, 6.45) is 1.22. The van der Waals surface area contributed by atoms with Gasteiger partial charge < -0.3 is 15.8 Å². The highest BCUT2D eigenvalue weighted by Crippen LogP contribution is 2.17. The summed E-state index contributed by atoms with van der Waals surface area (Å²) in [5, 5.41) is 3.02. The van der Waals surface area contributed by atoms with Crippen molar-refractivity contribution in [2.45, 2.75) is 24.9 Å². The summed E-state index contributed by atoms with van der Waals surface area (Å²) < 4.78 is 5.29. The van der Waals surface area contributed by atoms with Crippen LogP contribution in [0.1, 0.15) is 18.4 Å². The number of hydrogen-bond acceptors (Lipinski definition) is 5. The van der Waals surface area contributed by atoms with Gasteiger partial charge in [-0.1, -0.05) is 30.3 Å². The molecule has 2 aliphatic heterocycles. The first-order valence-electron chi connectivity index (χ1n) is 9.29. The molecule has 0 bridgehead atoms. The lowest BCUT2D eigenvalue weighted by Gasteiger charge is -2.35. The van der Waals surface area contributed by atoms with E-state index in [9.17, 15) is 4.79 Å². The molecule has 6 nitrogen and oxygen atoms in total. The molecule has 2 heterocycles. The number of rotatable bonds is 6. The Morgan fingerprint density at radius 1 is 1.08 bits per heavy atom. The van der Waals surface area contributed by atoms with Crippen LogP contribution in [0.5, 0.6) is 0 Å². The zero-order valence-corrected chi connectivity index (χ0v) is 15.0. The third kappa shape index (κ3) is 5.25. The maximum atomic E-state index is 12.3. The Kier molecular flexibility index (Phi) is 6.42. The van der Waals surface area contributed by atoms with Gasteiger partial charge in [-0.3, -0.25) is 14.6 Å². The molecular weight excluding hydrogens is 316 g/mol. The fourth-order valence-corrected chi connectivity index (χ4v) is 3.48. The highest BCUT2D eigenvalue weighted by atomic mass is 16.5. The van der Waals surface area contributed by atoms with Crippen LogP contribution >= 0.6 is 0 Å². The number of nitrogens with one attached hydrogen (secondary N) is 1. The average Bonchev–Trinajstić information content (AvgIpc) is 2.64. The molecule has 0 saturated carbocycles. The molecule has 0 radical (unpaired) electrons. The molecule has 1 aromatic carbocycles. The maximum Gasteiger partial charge on any atom is 0.240 e. The number of amides is 1. The molecule has 0 aliphatic carbocycles. The molecule has 0 spiro atoms. The predicted molar refractivity (Wildman–Crippen MR) is 98.1 cm³/mol. The van der Waals surface area contributed by atoms with Crippen molar-refractivity contribution in [3.8, 4) is 0 Å². The Morgan fingerprint density at radius 2 is 1.72 bits per heavy atom. The molecule has 138 valence electrons. The van der Waals surface area contributed by atoms with E-state index in [-0.39, 0.29) is 5.91 Å². The molecule has 2 saturated heterocycles. The molecule has 2 aliphatic rings.